The largest absolute Gasteiger partial charge is 0.493 e. The Morgan fingerprint density at radius 3 is 1.39 bits per heavy atom. The second-order valence-corrected chi connectivity index (χ2v) is 5.38. The zero-order chi connectivity index (χ0) is 16.1. The van der Waals surface area contributed by atoms with E-state index in [0.29, 0.717) is 0 Å². The molecule has 3 aromatic carbocycles. The number of hydrogen-bond acceptors (Lipinski definition) is 2. The van der Waals surface area contributed by atoms with Crippen LogP contribution >= 0.6 is 0 Å². The van der Waals surface area contributed by atoms with Gasteiger partial charge in [-0.3, -0.25) is 0 Å². The van der Waals surface area contributed by atoms with Gasteiger partial charge in [-0.2, -0.15) is 0 Å². The SMILES string of the molecule is COB(OC)c1cc(-c2ccccc2)cc(-c2ccccc2)c1. The molecular formula is C20H19BO2. The topological polar surface area (TPSA) is 18.5 Å². The molecule has 3 aromatic rings. The van der Waals surface area contributed by atoms with Crippen molar-refractivity contribution in [2.45, 2.75) is 0 Å². The van der Waals surface area contributed by atoms with E-state index in [1.165, 1.54) is 11.1 Å². The molecule has 0 aliphatic rings. The molecule has 0 fully saturated rings. The van der Waals surface area contributed by atoms with Gasteiger partial charge in [0.2, 0.25) is 0 Å². The van der Waals surface area contributed by atoms with Gasteiger partial charge in [0, 0.05) is 14.2 Å². The molecule has 23 heavy (non-hydrogen) atoms. The van der Waals surface area contributed by atoms with Crippen LogP contribution in [-0.4, -0.2) is 21.3 Å². The average Bonchev–Trinajstić information content (AvgIpc) is 2.64. The average molecular weight is 302 g/mol. The lowest BCUT2D eigenvalue weighted by molar-refractivity contribution is 0.292. The predicted molar refractivity (Wildman–Crippen MR) is 96.7 cm³/mol. The van der Waals surface area contributed by atoms with E-state index < -0.39 is 0 Å². The first-order valence-electron chi connectivity index (χ1n) is 7.63. The van der Waals surface area contributed by atoms with Gasteiger partial charge >= 0.3 is 7.12 Å². The van der Waals surface area contributed by atoms with Gasteiger partial charge in [0.05, 0.1) is 0 Å². The van der Waals surface area contributed by atoms with Crippen LogP contribution in [0.15, 0.2) is 78.9 Å². The Hall–Kier alpha value is -2.36. The van der Waals surface area contributed by atoms with Crippen molar-refractivity contribution in [3.05, 3.63) is 78.9 Å². The van der Waals surface area contributed by atoms with E-state index in [2.05, 4.69) is 42.5 Å². The van der Waals surface area contributed by atoms with Crippen molar-refractivity contribution >= 4 is 12.6 Å². The van der Waals surface area contributed by atoms with Crippen LogP contribution in [0.4, 0.5) is 0 Å². The molecule has 0 aromatic heterocycles. The summed E-state index contributed by atoms with van der Waals surface area (Å²) >= 11 is 0. The molecule has 0 unspecified atom stereocenters. The summed E-state index contributed by atoms with van der Waals surface area (Å²) in [6, 6.07) is 27.2. The third kappa shape index (κ3) is 3.53. The molecule has 0 N–H and O–H groups in total. The molecule has 0 radical (unpaired) electrons. The smallest absolute Gasteiger partial charge is 0.410 e. The highest BCUT2D eigenvalue weighted by molar-refractivity contribution is 6.61. The molecule has 0 atom stereocenters. The molecule has 0 aliphatic carbocycles. The van der Waals surface area contributed by atoms with E-state index in [1.54, 1.807) is 14.2 Å². The molecule has 0 aliphatic heterocycles. The van der Waals surface area contributed by atoms with Gasteiger partial charge in [0.25, 0.3) is 0 Å². The normalized spacial score (nSPS) is 10.5. The fourth-order valence-corrected chi connectivity index (χ4v) is 2.75. The maximum atomic E-state index is 5.45. The molecule has 3 rings (SSSR count). The van der Waals surface area contributed by atoms with Gasteiger partial charge in [0.1, 0.15) is 0 Å². The number of rotatable bonds is 5. The van der Waals surface area contributed by atoms with Crippen molar-refractivity contribution in [3.8, 4) is 22.3 Å². The second-order valence-electron chi connectivity index (χ2n) is 5.38. The Morgan fingerprint density at radius 2 is 1.00 bits per heavy atom. The molecule has 0 saturated heterocycles. The molecule has 0 heterocycles. The van der Waals surface area contributed by atoms with Crippen LogP contribution in [0.2, 0.25) is 0 Å². The summed E-state index contributed by atoms with van der Waals surface area (Å²) in [5.41, 5.74) is 5.67. The Balaban J connectivity index is 2.15. The molecule has 0 bridgehead atoms. The molecule has 0 spiro atoms. The summed E-state index contributed by atoms with van der Waals surface area (Å²) in [4.78, 5) is 0. The minimum Gasteiger partial charge on any atom is -0.410 e. The maximum Gasteiger partial charge on any atom is 0.493 e. The van der Waals surface area contributed by atoms with E-state index in [1.807, 2.05) is 36.4 Å². The predicted octanol–water partition coefficient (Wildman–Crippen LogP) is 4.01. The molecule has 0 saturated carbocycles. The summed E-state index contributed by atoms with van der Waals surface area (Å²) in [6.45, 7) is 0. The zero-order valence-corrected chi connectivity index (χ0v) is 13.4. The lowest BCUT2D eigenvalue weighted by atomic mass is 9.76. The standard InChI is InChI=1S/C20H19BO2/c1-22-21(23-2)20-14-18(16-9-5-3-6-10-16)13-19(15-20)17-11-7-4-8-12-17/h3-15H,1-2H3. The van der Waals surface area contributed by atoms with Gasteiger partial charge in [-0.25, -0.2) is 0 Å². The molecular weight excluding hydrogens is 283 g/mol. The first-order chi connectivity index (χ1) is 11.3. The highest BCUT2D eigenvalue weighted by Gasteiger charge is 2.19. The van der Waals surface area contributed by atoms with Crippen molar-refractivity contribution in [2.24, 2.45) is 0 Å². The Kier molecular flexibility index (Phi) is 4.91. The Bertz CT molecular complexity index is 695. The van der Waals surface area contributed by atoms with Crippen LogP contribution in [0.25, 0.3) is 22.3 Å². The lowest BCUT2D eigenvalue weighted by Crippen LogP contribution is -2.34. The van der Waals surface area contributed by atoms with Crippen molar-refractivity contribution in [1.29, 1.82) is 0 Å². The Labute approximate surface area is 137 Å². The first kappa shape index (κ1) is 15.5. The quantitative estimate of drug-likeness (QED) is 0.663. The molecule has 2 nitrogen and oxygen atoms in total. The fraction of sp³-hybridized carbons (Fsp3) is 0.100. The number of hydrogen-bond donors (Lipinski definition) is 0. The van der Waals surface area contributed by atoms with E-state index in [0.717, 1.165) is 16.6 Å². The third-order valence-corrected chi connectivity index (χ3v) is 3.87. The highest BCUT2D eigenvalue weighted by atomic mass is 16.6. The summed E-state index contributed by atoms with van der Waals surface area (Å²) in [6.07, 6.45) is 0. The minimum atomic E-state index is -0.374. The van der Waals surface area contributed by atoms with E-state index in [4.69, 9.17) is 9.31 Å². The van der Waals surface area contributed by atoms with Gasteiger partial charge in [-0.05, 0) is 33.8 Å². The maximum absolute atomic E-state index is 5.45. The summed E-state index contributed by atoms with van der Waals surface area (Å²) < 4.78 is 10.9. The third-order valence-electron chi connectivity index (χ3n) is 3.87. The summed E-state index contributed by atoms with van der Waals surface area (Å²) in [5.74, 6) is 0. The van der Waals surface area contributed by atoms with Crippen LogP contribution in [0.1, 0.15) is 0 Å². The second kappa shape index (κ2) is 7.27. The Morgan fingerprint density at radius 1 is 0.565 bits per heavy atom. The fourth-order valence-electron chi connectivity index (χ4n) is 2.75. The van der Waals surface area contributed by atoms with E-state index >= 15 is 0 Å². The van der Waals surface area contributed by atoms with Crippen molar-refractivity contribution < 1.29 is 9.31 Å². The van der Waals surface area contributed by atoms with Gasteiger partial charge in [-0.1, -0.05) is 72.8 Å². The van der Waals surface area contributed by atoms with Gasteiger partial charge < -0.3 is 9.31 Å². The van der Waals surface area contributed by atoms with E-state index in [-0.39, 0.29) is 7.12 Å². The monoisotopic (exact) mass is 302 g/mol. The summed E-state index contributed by atoms with van der Waals surface area (Å²) in [7, 11) is 2.94. The first-order valence-corrected chi connectivity index (χ1v) is 7.63. The molecule has 114 valence electrons. The molecule has 0 amide bonds. The van der Waals surface area contributed by atoms with E-state index in [9.17, 15) is 0 Å². The van der Waals surface area contributed by atoms with Crippen LogP contribution in [0, 0.1) is 0 Å². The van der Waals surface area contributed by atoms with Gasteiger partial charge in [0.15, 0.2) is 0 Å². The zero-order valence-electron chi connectivity index (χ0n) is 13.4. The lowest BCUT2D eigenvalue weighted by Gasteiger charge is -2.14. The highest BCUT2D eigenvalue weighted by Crippen LogP contribution is 2.25. The van der Waals surface area contributed by atoms with Crippen LogP contribution < -0.4 is 5.46 Å². The minimum absolute atomic E-state index is 0.374. The van der Waals surface area contributed by atoms with Crippen LogP contribution in [0.3, 0.4) is 0 Å². The van der Waals surface area contributed by atoms with Crippen molar-refractivity contribution in [2.75, 3.05) is 14.2 Å². The van der Waals surface area contributed by atoms with Crippen LogP contribution in [0.5, 0.6) is 0 Å². The molecule has 3 heteroatoms. The number of benzene rings is 3. The van der Waals surface area contributed by atoms with Crippen LogP contribution in [-0.2, 0) is 9.31 Å². The van der Waals surface area contributed by atoms with Gasteiger partial charge in [-0.15, -0.1) is 0 Å². The van der Waals surface area contributed by atoms with Crippen molar-refractivity contribution in [1.82, 2.24) is 0 Å². The summed E-state index contributed by atoms with van der Waals surface area (Å²) in [5, 5.41) is 0. The van der Waals surface area contributed by atoms with Crippen molar-refractivity contribution in [3.63, 3.8) is 0 Å².